The van der Waals surface area contributed by atoms with Gasteiger partial charge >= 0.3 is 6.09 Å². The van der Waals surface area contributed by atoms with E-state index in [1.165, 1.54) is 12.8 Å². The van der Waals surface area contributed by atoms with Crippen molar-refractivity contribution in [3.05, 3.63) is 47.5 Å². The van der Waals surface area contributed by atoms with Crippen molar-refractivity contribution in [3.8, 4) is 11.5 Å². The fraction of sp³-hybridized carbons (Fsp3) is 0.528. The number of hydrogen-bond donors (Lipinski definition) is 1. The standard InChI is InChI=1S/C36H43N5O5/c1-20-26-11-8-23(34(42)40-17-24-9-12-27(40)31(24)41(35(43)44)36(2,3)4)15-29(26)46-32(20)28-14-22-10-13-30(38-18-25(19-38)45-5)37-33(22)39(28)16-21-6-7-21/h8,10-11,13-15,21,24-25,27,31H,6-7,9,12,16-19H2,1-5H3,(H,43,44)/t24?,27?,31-/m1/s1. The summed E-state index contributed by atoms with van der Waals surface area (Å²) in [5.41, 5.74) is 3.75. The summed E-state index contributed by atoms with van der Waals surface area (Å²) in [6.07, 6.45) is 3.55. The Morgan fingerprint density at radius 1 is 1.07 bits per heavy atom. The highest BCUT2D eigenvalue weighted by Gasteiger charge is 2.54. The Bertz CT molecular complexity index is 1860. The summed E-state index contributed by atoms with van der Waals surface area (Å²) in [5.74, 6) is 2.51. The number of carboxylic acid groups (broad SMARTS) is 1. The van der Waals surface area contributed by atoms with Gasteiger partial charge in [0.1, 0.15) is 17.0 Å². The average molecular weight is 626 g/mol. The lowest BCUT2D eigenvalue weighted by molar-refractivity contribution is 0.0503. The first-order chi connectivity index (χ1) is 22.0. The molecule has 2 aliphatic carbocycles. The predicted molar refractivity (Wildman–Crippen MR) is 176 cm³/mol. The van der Waals surface area contributed by atoms with Crippen LogP contribution in [0.2, 0.25) is 0 Å². The van der Waals surface area contributed by atoms with Crippen LogP contribution in [0.15, 0.2) is 40.8 Å². The van der Waals surface area contributed by atoms with Crippen molar-refractivity contribution in [1.29, 1.82) is 0 Å². The number of benzene rings is 1. The lowest BCUT2D eigenvalue weighted by atomic mass is 9.98. The number of carbonyl (C=O) groups excluding carboxylic acids is 1. The zero-order valence-electron chi connectivity index (χ0n) is 27.3. The summed E-state index contributed by atoms with van der Waals surface area (Å²) in [5, 5.41) is 12.2. The van der Waals surface area contributed by atoms with Crippen LogP contribution in [0.1, 0.15) is 62.4 Å². The molecule has 2 unspecified atom stereocenters. The number of nitrogens with zero attached hydrogens (tertiary/aromatic N) is 5. The monoisotopic (exact) mass is 625 g/mol. The van der Waals surface area contributed by atoms with Gasteiger partial charge in [-0.3, -0.25) is 9.69 Å². The molecule has 4 aromatic rings. The van der Waals surface area contributed by atoms with Crippen molar-refractivity contribution in [2.75, 3.05) is 31.6 Å². The summed E-state index contributed by atoms with van der Waals surface area (Å²) in [6, 6.07) is 11.9. The number of piperidine rings is 1. The van der Waals surface area contributed by atoms with Crippen LogP contribution in [-0.2, 0) is 11.3 Å². The number of furan rings is 1. The van der Waals surface area contributed by atoms with Crippen LogP contribution in [0.25, 0.3) is 33.5 Å². The number of hydrogen-bond acceptors (Lipinski definition) is 6. The number of aromatic nitrogens is 2. The van der Waals surface area contributed by atoms with Crippen LogP contribution in [0, 0.1) is 18.8 Å². The van der Waals surface area contributed by atoms with Gasteiger partial charge in [-0.1, -0.05) is 6.07 Å². The summed E-state index contributed by atoms with van der Waals surface area (Å²) >= 11 is 0. The Morgan fingerprint density at radius 3 is 2.54 bits per heavy atom. The molecule has 242 valence electrons. The second kappa shape index (κ2) is 10.5. The summed E-state index contributed by atoms with van der Waals surface area (Å²) in [4.78, 5) is 37.2. The molecule has 46 heavy (non-hydrogen) atoms. The van der Waals surface area contributed by atoms with Crippen molar-refractivity contribution in [1.82, 2.24) is 19.4 Å². The molecule has 2 aliphatic heterocycles. The quantitative estimate of drug-likeness (QED) is 0.254. The summed E-state index contributed by atoms with van der Waals surface area (Å²) < 4.78 is 14.4. The average Bonchev–Trinajstić information content (AvgIpc) is 3.33. The molecule has 4 fully saturated rings. The third kappa shape index (κ3) is 4.67. The highest BCUT2D eigenvalue weighted by Crippen LogP contribution is 2.44. The molecule has 0 spiro atoms. The van der Waals surface area contributed by atoms with E-state index in [-0.39, 0.29) is 30.0 Å². The zero-order chi connectivity index (χ0) is 32.1. The topological polar surface area (TPSA) is 104 Å². The van der Waals surface area contributed by atoms with Gasteiger partial charge in [-0.15, -0.1) is 0 Å². The first kappa shape index (κ1) is 29.4. The van der Waals surface area contributed by atoms with E-state index in [9.17, 15) is 14.7 Å². The van der Waals surface area contributed by atoms with Gasteiger partial charge in [0.2, 0.25) is 0 Å². The zero-order valence-corrected chi connectivity index (χ0v) is 27.3. The Labute approximate surface area is 268 Å². The third-order valence-electron chi connectivity index (χ3n) is 10.8. The van der Waals surface area contributed by atoms with E-state index < -0.39 is 11.6 Å². The molecule has 10 heteroatoms. The molecule has 2 bridgehead atoms. The Morgan fingerprint density at radius 2 is 1.85 bits per heavy atom. The Balaban J connectivity index is 1.12. The molecular formula is C36H43N5O5. The molecular weight excluding hydrogens is 582 g/mol. The van der Waals surface area contributed by atoms with Crippen LogP contribution in [-0.4, -0.2) is 86.9 Å². The molecule has 1 N–H and O–H groups in total. The summed E-state index contributed by atoms with van der Waals surface area (Å²) in [6.45, 7) is 11.0. The molecule has 3 atom stereocenters. The molecule has 2 saturated carbocycles. The van der Waals surface area contributed by atoms with E-state index in [2.05, 4.69) is 34.6 Å². The summed E-state index contributed by atoms with van der Waals surface area (Å²) in [7, 11) is 1.76. The normalized spacial score (nSPS) is 23.1. The molecule has 0 radical (unpaired) electrons. The minimum Gasteiger partial charge on any atom is -0.465 e. The van der Waals surface area contributed by atoms with Gasteiger partial charge in [0.05, 0.1) is 23.9 Å². The molecule has 5 heterocycles. The molecule has 10 nitrogen and oxygen atoms in total. The Kier molecular flexibility index (Phi) is 6.69. The van der Waals surface area contributed by atoms with Crippen LogP contribution in [0.4, 0.5) is 10.6 Å². The lowest BCUT2D eigenvalue weighted by Gasteiger charge is -2.40. The maximum Gasteiger partial charge on any atom is 0.408 e. The van der Waals surface area contributed by atoms with E-state index in [0.717, 1.165) is 71.7 Å². The van der Waals surface area contributed by atoms with Crippen LogP contribution in [0.5, 0.6) is 0 Å². The van der Waals surface area contributed by atoms with Gasteiger partial charge in [-0.2, -0.15) is 0 Å². The number of rotatable bonds is 7. The first-order valence-corrected chi connectivity index (χ1v) is 16.7. The molecule has 4 aliphatic rings. The number of likely N-dealkylation sites (tertiary alicyclic amines) is 1. The number of carbonyl (C=O) groups is 2. The molecule has 8 rings (SSSR count). The fourth-order valence-electron chi connectivity index (χ4n) is 8.21. The molecule has 3 aromatic heterocycles. The maximum absolute atomic E-state index is 14.0. The number of amides is 2. The van der Waals surface area contributed by atoms with Crippen LogP contribution >= 0.6 is 0 Å². The molecule has 1 aromatic carbocycles. The first-order valence-electron chi connectivity index (χ1n) is 16.7. The van der Waals surface area contributed by atoms with E-state index in [1.807, 2.05) is 43.9 Å². The number of aryl methyl sites for hydroxylation is 1. The van der Waals surface area contributed by atoms with Crippen molar-refractivity contribution in [2.24, 2.45) is 11.8 Å². The van der Waals surface area contributed by atoms with Gasteiger partial charge < -0.3 is 28.6 Å². The second-order valence-corrected chi connectivity index (χ2v) is 14.9. The predicted octanol–water partition coefficient (Wildman–Crippen LogP) is 6.38. The van der Waals surface area contributed by atoms with Gasteiger partial charge in [-0.25, -0.2) is 9.78 Å². The van der Waals surface area contributed by atoms with E-state index in [4.69, 9.17) is 14.1 Å². The largest absolute Gasteiger partial charge is 0.465 e. The number of methoxy groups -OCH3 is 1. The van der Waals surface area contributed by atoms with Crippen molar-refractivity contribution >= 4 is 39.8 Å². The highest BCUT2D eigenvalue weighted by atomic mass is 16.5. The van der Waals surface area contributed by atoms with Gasteiger partial charge in [0, 0.05) is 60.7 Å². The SMILES string of the molecule is COC1CN(c2ccc3cc(-c4oc5cc(C(=O)N6CC7CCC6[C@@H]7N(C(=O)O)C(C)(C)C)ccc5c4C)n(CC4CC4)c3n2)C1. The van der Waals surface area contributed by atoms with E-state index >= 15 is 0 Å². The van der Waals surface area contributed by atoms with Crippen molar-refractivity contribution < 1.29 is 23.8 Å². The Hall–Kier alpha value is -4.05. The van der Waals surface area contributed by atoms with E-state index in [1.54, 1.807) is 12.0 Å². The number of fused-ring (bicyclic) bond motifs is 4. The van der Waals surface area contributed by atoms with Gasteiger partial charge in [-0.05, 0) is 95.5 Å². The minimum atomic E-state index is -0.922. The molecule has 2 amide bonds. The third-order valence-corrected chi connectivity index (χ3v) is 10.8. The fourth-order valence-corrected chi connectivity index (χ4v) is 8.21. The van der Waals surface area contributed by atoms with Crippen LogP contribution in [0.3, 0.4) is 0 Å². The highest BCUT2D eigenvalue weighted by molar-refractivity contribution is 6.00. The minimum absolute atomic E-state index is 0.0600. The second-order valence-electron chi connectivity index (χ2n) is 14.9. The van der Waals surface area contributed by atoms with Gasteiger partial charge in [0.15, 0.2) is 5.76 Å². The van der Waals surface area contributed by atoms with Crippen molar-refractivity contribution in [2.45, 2.75) is 83.6 Å². The van der Waals surface area contributed by atoms with E-state index in [0.29, 0.717) is 23.6 Å². The van der Waals surface area contributed by atoms with Gasteiger partial charge in [0.25, 0.3) is 5.91 Å². The van der Waals surface area contributed by atoms with Crippen LogP contribution < -0.4 is 4.90 Å². The molecule has 2 saturated heterocycles. The number of ether oxygens (including phenoxy) is 1. The number of anilines is 1. The lowest BCUT2D eigenvalue weighted by Crippen LogP contribution is -2.55. The van der Waals surface area contributed by atoms with Crippen molar-refractivity contribution in [3.63, 3.8) is 0 Å². The smallest absolute Gasteiger partial charge is 0.408 e. The maximum atomic E-state index is 14.0. The number of pyridine rings is 1.